The number of allylic oxidation sites excluding steroid dienone is 2. The van der Waals surface area contributed by atoms with Gasteiger partial charge in [-0.15, -0.1) is 0 Å². The lowest BCUT2D eigenvalue weighted by Gasteiger charge is -2.53. The molecule has 0 amide bonds. The number of hydrogen-bond donors (Lipinski definition) is 0. The van der Waals surface area contributed by atoms with Crippen molar-refractivity contribution in [3.8, 4) is 0 Å². The van der Waals surface area contributed by atoms with Crippen LogP contribution in [0.1, 0.15) is 168 Å². The molecule has 8 rings (SSSR count). The van der Waals surface area contributed by atoms with E-state index in [2.05, 4.69) is 147 Å². The van der Waals surface area contributed by atoms with Crippen molar-refractivity contribution in [3.05, 3.63) is 117 Å². The van der Waals surface area contributed by atoms with Crippen molar-refractivity contribution < 1.29 is 0 Å². The maximum atomic E-state index is 2.74. The Kier molecular flexibility index (Phi) is 9.62. The summed E-state index contributed by atoms with van der Waals surface area (Å²) in [5.41, 5.74) is 17.6. The fraction of sp³-hybridized carbons (Fsp3) is 0.510. The predicted octanol–water partition coefficient (Wildman–Crippen LogP) is 11.1. The Morgan fingerprint density at radius 2 is 1.22 bits per heavy atom. The van der Waals surface area contributed by atoms with Crippen molar-refractivity contribution in [2.45, 2.75) is 151 Å². The van der Waals surface area contributed by atoms with E-state index in [0.29, 0.717) is 0 Å². The zero-order chi connectivity index (χ0) is 36.9. The standard InChI is InChI=1S/C44H53N2.2C2H6.CH3/c1-26-24-42(7,8)45-20-18-40(3,4)36-34-31(22-29(26)38(36)45)33(28-16-14-13-15-17-28)32-23-30-27(2)25-43(9,10)46-21-19-41(5,6)37(39(30)46)35(32)44(34,11)12;2*1-2;/h13-17,22-25H,18-21H2,1-12H3;2*1-2H3;1H3/q+1;;;-1. The lowest BCUT2D eigenvalue weighted by molar-refractivity contribution is 0.311. The number of fused-ring (bicyclic) bond motifs is 4. The van der Waals surface area contributed by atoms with Crippen LogP contribution < -0.4 is 20.1 Å². The molecule has 0 fully saturated rings. The van der Waals surface area contributed by atoms with Crippen LogP contribution in [0.4, 0.5) is 5.69 Å². The Balaban J connectivity index is 0.000000975. The van der Waals surface area contributed by atoms with Crippen LogP contribution in [0.25, 0.3) is 16.7 Å². The number of hydrogen-bond acceptors (Lipinski definition) is 1. The summed E-state index contributed by atoms with van der Waals surface area (Å²) in [6, 6.07) is 16.5. The number of rotatable bonds is 1. The zero-order valence-electron chi connectivity index (χ0n) is 35.4. The molecule has 1 aliphatic carbocycles. The summed E-state index contributed by atoms with van der Waals surface area (Å²) in [6.07, 6.45) is 7.34. The van der Waals surface area contributed by atoms with Crippen LogP contribution in [0.3, 0.4) is 0 Å². The van der Waals surface area contributed by atoms with Gasteiger partial charge in [-0.1, -0.05) is 106 Å². The van der Waals surface area contributed by atoms with E-state index < -0.39 is 0 Å². The van der Waals surface area contributed by atoms with Gasteiger partial charge in [-0.2, -0.15) is 0 Å². The Bertz CT molecular complexity index is 2080. The quantitative estimate of drug-likeness (QED) is 0.183. The van der Waals surface area contributed by atoms with Gasteiger partial charge in [0.15, 0.2) is 5.54 Å². The summed E-state index contributed by atoms with van der Waals surface area (Å²) < 4.78 is 2.74. The normalized spacial score (nSPS) is 21.4. The lowest BCUT2D eigenvalue weighted by atomic mass is 9.58. The highest BCUT2D eigenvalue weighted by Crippen LogP contribution is 2.57. The molecule has 4 heterocycles. The fourth-order valence-corrected chi connectivity index (χ4v) is 10.5. The first-order valence-corrected chi connectivity index (χ1v) is 19.7. The van der Waals surface area contributed by atoms with E-state index in [0.717, 1.165) is 25.9 Å². The van der Waals surface area contributed by atoms with Gasteiger partial charge in [-0.05, 0) is 107 Å². The van der Waals surface area contributed by atoms with Crippen LogP contribution in [0.5, 0.6) is 0 Å². The Morgan fingerprint density at radius 1 is 0.627 bits per heavy atom. The molecule has 0 saturated heterocycles. The van der Waals surface area contributed by atoms with E-state index in [-0.39, 0.29) is 34.7 Å². The molecule has 51 heavy (non-hydrogen) atoms. The minimum Gasteiger partial charge on any atom is -0.362 e. The molecule has 5 aliphatic rings. The summed E-state index contributed by atoms with van der Waals surface area (Å²) in [5.74, 6) is 0. The molecule has 3 aromatic carbocycles. The number of anilines is 1. The van der Waals surface area contributed by atoms with E-state index in [1.807, 2.05) is 27.7 Å². The topological polar surface area (TPSA) is 6.25 Å². The minimum absolute atomic E-state index is 0. The van der Waals surface area contributed by atoms with E-state index in [1.165, 1.54) is 55.2 Å². The Morgan fingerprint density at radius 3 is 1.84 bits per heavy atom. The highest BCUT2D eigenvalue weighted by molar-refractivity contribution is 5.94. The SMILES string of the molecule is CC.CC.CC1=CC(C)(C)N2CCC(C)(C)c3c2c1cc1c3C(C)(C)c2c3c4c(cc2=C1c1ccccc1)C(C)=CC(C)(C)[N+]=4CCC3(C)C.[CH3-]. The number of nitrogens with zero attached hydrogens (tertiary/aromatic N) is 2. The molecule has 0 radical (unpaired) electrons. The molecule has 0 unspecified atom stereocenters. The second kappa shape index (κ2) is 12.6. The molecule has 274 valence electrons. The zero-order valence-corrected chi connectivity index (χ0v) is 35.4. The van der Waals surface area contributed by atoms with Gasteiger partial charge in [0.1, 0.15) is 6.54 Å². The molecule has 4 aliphatic heterocycles. The molecule has 2 heteroatoms. The first-order chi connectivity index (χ1) is 23.4. The van der Waals surface area contributed by atoms with Gasteiger partial charge in [0.25, 0.3) is 0 Å². The molecule has 0 aromatic heterocycles. The molecule has 0 N–H and O–H groups in total. The third-order valence-corrected chi connectivity index (χ3v) is 12.6. The van der Waals surface area contributed by atoms with E-state index in [9.17, 15) is 0 Å². The third-order valence-electron chi connectivity index (χ3n) is 12.6. The number of benzene rings is 3. The first kappa shape index (κ1) is 38.8. The highest BCUT2D eigenvalue weighted by Gasteiger charge is 2.51. The smallest absolute Gasteiger partial charge is 0.212 e. The molecular formula is C49H68N2. The largest absolute Gasteiger partial charge is 0.362 e. The van der Waals surface area contributed by atoms with Gasteiger partial charge in [0, 0.05) is 60.0 Å². The maximum Gasteiger partial charge on any atom is 0.212 e. The summed E-state index contributed by atoms with van der Waals surface area (Å²) in [6.45, 7) is 39.7. The van der Waals surface area contributed by atoms with Crippen LogP contribution in [-0.4, -0.2) is 24.2 Å². The van der Waals surface area contributed by atoms with E-state index in [4.69, 9.17) is 0 Å². The van der Waals surface area contributed by atoms with Crippen molar-refractivity contribution in [3.63, 3.8) is 0 Å². The van der Waals surface area contributed by atoms with Gasteiger partial charge < -0.3 is 12.3 Å². The van der Waals surface area contributed by atoms with Crippen LogP contribution >= 0.6 is 0 Å². The molecule has 0 saturated carbocycles. The first-order valence-electron chi connectivity index (χ1n) is 19.7. The predicted molar refractivity (Wildman–Crippen MR) is 226 cm³/mol. The average Bonchev–Trinajstić information content (AvgIpc) is 3.04. The van der Waals surface area contributed by atoms with Crippen molar-refractivity contribution in [1.82, 2.24) is 4.58 Å². The van der Waals surface area contributed by atoms with Crippen molar-refractivity contribution in [1.29, 1.82) is 0 Å². The second-order valence-corrected chi connectivity index (χ2v) is 18.0. The Hall–Kier alpha value is -3.39. The Labute approximate surface area is 312 Å². The van der Waals surface area contributed by atoms with Crippen LogP contribution in [0.15, 0.2) is 54.6 Å². The summed E-state index contributed by atoms with van der Waals surface area (Å²) in [5, 5.41) is 2.94. The van der Waals surface area contributed by atoms with Gasteiger partial charge in [0.05, 0.1) is 5.54 Å². The van der Waals surface area contributed by atoms with Crippen LogP contribution in [-0.2, 0) is 16.2 Å². The van der Waals surface area contributed by atoms with Crippen molar-refractivity contribution in [2.24, 2.45) is 0 Å². The third kappa shape index (κ3) is 5.44. The van der Waals surface area contributed by atoms with Crippen molar-refractivity contribution in [2.75, 3.05) is 18.0 Å². The van der Waals surface area contributed by atoms with Crippen LogP contribution in [0, 0.1) is 7.43 Å². The molecule has 0 spiro atoms. The van der Waals surface area contributed by atoms with E-state index >= 15 is 0 Å². The summed E-state index contributed by atoms with van der Waals surface area (Å²) >= 11 is 0. The monoisotopic (exact) mass is 685 g/mol. The van der Waals surface area contributed by atoms with E-state index in [1.54, 1.807) is 22.3 Å². The average molecular weight is 685 g/mol. The molecular weight excluding hydrogens is 617 g/mol. The minimum atomic E-state index is -0.184. The summed E-state index contributed by atoms with van der Waals surface area (Å²) in [4.78, 5) is 2.74. The molecule has 3 aromatic rings. The van der Waals surface area contributed by atoms with Gasteiger partial charge in [0.2, 0.25) is 5.36 Å². The molecule has 2 nitrogen and oxygen atoms in total. The molecule has 0 atom stereocenters. The molecule has 0 bridgehead atoms. The maximum absolute atomic E-state index is 2.74. The second-order valence-electron chi connectivity index (χ2n) is 18.0. The van der Waals surface area contributed by atoms with Crippen molar-refractivity contribution >= 4 is 22.4 Å². The van der Waals surface area contributed by atoms with Gasteiger partial charge >= 0.3 is 0 Å². The van der Waals surface area contributed by atoms with Gasteiger partial charge in [-0.25, -0.2) is 4.58 Å². The fourth-order valence-electron chi connectivity index (χ4n) is 10.5. The lowest BCUT2D eigenvalue weighted by Crippen LogP contribution is -2.58. The van der Waals surface area contributed by atoms with Gasteiger partial charge in [-0.3, -0.25) is 0 Å². The summed E-state index contributed by atoms with van der Waals surface area (Å²) in [7, 11) is 0. The van der Waals surface area contributed by atoms with Crippen LogP contribution in [0.2, 0.25) is 0 Å². The highest BCUT2D eigenvalue weighted by atomic mass is 15.2.